The summed E-state index contributed by atoms with van der Waals surface area (Å²) in [5, 5.41) is 0. The SMILES string of the molecule is Nc1cccc(F)c1C(N)CC1CC1. The summed E-state index contributed by atoms with van der Waals surface area (Å²) in [5.41, 5.74) is 12.6. The summed E-state index contributed by atoms with van der Waals surface area (Å²) in [6.45, 7) is 0. The zero-order chi connectivity index (χ0) is 10.1. The van der Waals surface area contributed by atoms with Gasteiger partial charge in [-0.25, -0.2) is 4.39 Å². The van der Waals surface area contributed by atoms with Gasteiger partial charge in [-0.15, -0.1) is 0 Å². The van der Waals surface area contributed by atoms with Crippen molar-refractivity contribution in [1.82, 2.24) is 0 Å². The summed E-state index contributed by atoms with van der Waals surface area (Å²) in [6.07, 6.45) is 3.30. The summed E-state index contributed by atoms with van der Waals surface area (Å²) in [5.74, 6) is 0.405. The third-order valence-electron chi connectivity index (χ3n) is 2.74. The molecule has 1 unspecified atom stereocenters. The number of nitrogens with two attached hydrogens (primary N) is 2. The summed E-state index contributed by atoms with van der Waals surface area (Å²) in [6, 6.07) is 4.48. The molecule has 0 saturated heterocycles. The molecule has 0 spiro atoms. The highest BCUT2D eigenvalue weighted by molar-refractivity contribution is 5.48. The van der Waals surface area contributed by atoms with E-state index in [-0.39, 0.29) is 11.9 Å². The van der Waals surface area contributed by atoms with Gasteiger partial charge in [0.1, 0.15) is 5.82 Å². The van der Waals surface area contributed by atoms with Crippen LogP contribution in [0, 0.1) is 11.7 Å². The molecule has 0 bridgehead atoms. The van der Waals surface area contributed by atoms with E-state index in [1.54, 1.807) is 12.1 Å². The van der Waals surface area contributed by atoms with E-state index in [1.807, 2.05) is 0 Å². The van der Waals surface area contributed by atoms with E-state index >= 15 is 0 Å². The van der Waals surface area contributed by atoms with Crippen molar-refractivity contribution in [1.29, 1.82) is 0 Å². The smallest absolute Gasteiger partial charge is 0.130 e. The number of rotatable bonds is 3. The molecule has 1 aliphatic carbocycles. The van der Waals surface area contributed by atoms with Gasteiger partial charge in [0.2, 0.25) is 0 Å². The predicted molar refractivity (Wildman–Crippen MR) is 55.1 cm³/mol. The molecule has 1 saturated carbocycles. The number of nitrogen functional groups attached to an aromatic ring is 1. The van der Waals surface area contributed by atoms with Gasteiger partial charge in [0.05, 0.1) is 0 Å². The standard InChI is InChI=1S/C11H15FN2/c12-8-2-1-3-9(13)11(8)10(14)6-7-4-5-7/h1-3,7,10H,4-6,13-14H2. The number of hydrogen-bond acceptors (Lipinski definition) is 2. The largest absolute Gasteiger partial charge is 0.398 e. The van der Waals surface area contributed by atoms with Crippen LogP contribution in [0.4, 0.5) is 10.1 Å². The van der Waals surface area contributed by atoms with E-state index in [0.29, 0.717) is 17.2 Å². The lowest BCUT2D eigenvalue weighted by atomic mass is 10.00. The van der Waals surface area contributed by atoms with Gasteiger partial charge in [0.15, 0.2) is 0 Å². The van der Waals surface area contributed by atoms with Gasteiger partial charge in [-0.3, -0.25) is 0 Å². The van der Waals surface area contributed by atoms with Crippen LogP contribution in [0.5, 0.6) is 0 Å². The lowest BCUT2D eigenvalue weighted by molar-refractivity contribution is 0.544. The number of anilines is 1. The topological polar surface area (TPSA) is 52.0 Å². The molecular formula is C11H15FN2. The lowest BCUT2D eigenvalue weighted by Gasteiger charge is -2.14. The van der Waals surface area contributed by atoms with Crippen LogP contribution < -0.4 is 11.5 Å². The minimum Gasteiger partial charge on any atom is -0.398 e. The summed E-state index contributed by atoms with van der Waals surface area (Å²) >= 11 is 0. The third-order valence-corrected chi connectivity index (χ3v) is 2.74. The van der Waals surface area contributed by atoms with Crippen LogP contribution in [0.25, 0.3) is 0 Å². The molecule has 76 valence electrons. The van der Waals surface area contributed by atoms with Gasteiger partial charge in [-0.1, -0.05) is 18.9 Å². The Morgan fingerprint density at radius 1 is 1.43 bits per heavy atom. The van der Waals surface area contributed by atoms with Gasteiger partial charge < -0.3 is 11.5 Å². The maximum atomic E-state index is 13.4. The van der Waals surface area contributed by atoms with Crippen molar-refractivity contribution in [2.24, 2.45) is 11.7 Å². The highest BCUT2D eigenvalue weighted by atomic mass is 19.1. The monoisotopic (exact) mass is 194 g/mol. The first-order chi connectivity index (χ1) is 6.68. The van der Waals surface area contributed by atoms with Crippen molar-refractivity contribution in [2.75, 3.05) is 5.73 Å². The van der Waals surface area contributed by atoms with Crippen LogP contribution in [0.3, 0.4) is 0 Å². The minimum absolute atomic E-state index is 0.247. The van der Waals surface area contributed by atoms with E-state index in [2.05, 4.69) is 0 Å². The Kier molecular flexibility index (Phi) is 2.42. The molecule has 1 aromatic carbocycles. The minimum atomic E-state index is -0.279. The Morgan fingerprint density at radius 3 is 2.71 bits per heavy atom. The Bertz CT molecular complexity index is 314. The Hall–Kier alpha value is -1.09. The molecule has 0 amide bonds. The zero-order valence-electron chi connectivity index (χ0n) is 8.04. The second kappa shape index (κ2) is 3.58. The second-order valence-corrected chi connectivity index (χ2v) is 4.03. The van der Waals surface area contributed by atoms with Crippen molar-refractivity contribution in [3.63, 3.8) is 0 Å². The third kappa shape index (κ3) is 1.87. The fourth-order valence-electron chi connectivity index (χ4n) is 1.78. The molecular weight excluding hydrogens is 179 g/mol. The molecule has 3 heteroatoms. The van der Waals surface area contributed by atoms with E-state index in [1.165, 1.54) is 18.9 Å². The normalized spacial score (nSPS) is 18.1. The average Bonchev–Trinajstić information content (AvgIpc) is 2.87. The van der Waals surface area contributed by atoms with E-state index < -0.39 is 0 Å². The van der Waals surface area contributed by atoms with Crippen molar-refractivity contribution < 1.29 is 4.39 Å². The van der Waals surface area contributed by atoms with Gasteiger partial charge >= 0.3 is 0 Å². The first-order valence-corrected chi connectivity index (χ1v) is 4.98. The van der Waals surface area contributed by atoms with Crippen LogP contribution in [-0.2, 0) is 0 Å². The van der Waals surface area contributed by atoms with E-state index in [9.17, 15) is 4.39 Å². The average molecular weight is 194 g/mol. The first-order valence-electron chi connectivity index (χ1n) is 4.98. The Balaban J connectivity index is 2.19. The molecule has 0 radical (unpaired) electrons. The van der Waals surface area contributed by atoms with Crippen LogP contribution in [-0.4, -0.2) is 0 Å². The maximum Gasteiger partial charge on any atom is 0.130 e. The second-order valence-electron chi connectivity index (χ2n) is 4.03. The van der Waals surface area contributed by atoms with E-state index in [0.717, 1.165) is 6.42 Å². The molecule has 4 N–H and O–H groups in total. The van der Waals surface area contributed by atoms with Crippen LogP contribution in [0.1, 0.15) is 30.9 Å². The van der Waals surface area contributed by atoms with Gasteiger partial charge in [-0.05, 0) is 24.5 Å². The van der Waals surface area contributed by atoms with Gasteiger partial charge in [-0.2, -0.15) is 0 Å². The zero-order valence-corrected chi connectivity index (χ0v) is 8.04. The molecule has 2 nitrogen and oxygen atoms in total. The lowest BCUT2D eigenvalue weighted by Crippen LogP contribution is -2.15. The number of halogens is 1. The number of hydrogen-bond donors (Lipinski definition) is 2. The molecule has 1 aromatic rings. The molecule has 0 aliphatic heterocycles. The van der Waals surface area contributed by atoms with Crippen LogP contribution in [0.15, 0.2) is 18.2 Å². The van der Waals surface area contributed by atoms with Crippen molar-refractivity contribution in [2.45, 2.75) is 25.3 Å². The quantitative estimate of drug-likeness (QED) is 0.725. The molecule has 1 fully saturated rings. The summed E-state index contributed by atoms with van der Waals surface area (Å²) < 4.78 is 13.4. The Morgan fingerprint density at radius 2 is 2.14 bits per heavy atom. The maximum absolute atomic E-state index is 13.4. The fraction of sp³-hybridized carbons (Fsp3) is 0.455. The van der Waals surface area contributed by atoms with Crippen molar-refractivity contribution in [3.05, 3.63) is 29.6 Å². The summed E-state index contributed by atoms with van der Waals surface area (Å²) in [7, 11) is 0. The highest BCUT2D eigenvalue weighted by Gasteiger charge is 2.26. The fourth-order valence-corrected chi connectivity index (χ4v) is 1.78. The number of benzene rings is 1. The highest BCUT2D eigenvalue weighted by Crippen LogP contribution is 2.38. The predicted octanol–water partition coefficient (Wildman–Crippen LogP) is 2.21. The first kappa shape index (κ1) is 9.46. The van der Waals surface area contributed by atoms with Crippen LogP contribution >= 0.6 is 0 Å². The molecule has 1 aliphatic rings. The molecule has 2 rings (SSSR count). The molecule has 0 aromatic heterocycles. The van der Waals surface area contributed by atoms with Gasteiger partial charge in [0.25, 0.3) is 0 Å². The summed E-state index contributed by atoms with van der Waals surface area (Å²) in [4.78, 5) is 0. The molecule has 1 atom stereocenters. The van der Waals surface area contributed by atoms with E-state index in [4.69, 9.17) is 11.5 Å². The Labute approximate surface area is 83.1 Å². The van der Waals surface area contributed by atoms with Crippen LogP contribution in [0.2, 0.25) is 0 Å². The molecule has 0 heterocycles. The van der Waals surface area contributed by atoms with Crippen molar-refractivity contribution in [3.8, 4) is 0 Å². The molecule has 14 heavy (non-hydrogen) atoms. The van der Waals surface area contributed by atoms with Crippen molar-refractivity contribution >= 4 is 5.69 Å². The van der Waals surface area contributed by atoms with Gasteiger partial charge in [0, 0.05) is 17.3 Å².